The fourth-order valence-electron chi connectivity index (χ4n) is 1.88. The van der Waals surface area contributed by atoms with Gasteiger partial charge in [-0.15, -0.1) is 0 Å². The average Bonchev–Trinajstić information content (AvgIpc) is 2.19. The van der Waals surface area contributed by atoms with Gasteiger partial charge in [0.05, 0.1) is 0 Å². The molecule has 0 radical (unpaired) electrons. The van der Waals surface area contributed by atoms with Crippen LogP contribution in [0.3, 0.4) is 0 Å². The Morgan fingerprint density at radius 1 is 0.933 bits per heavy atom. The van der Waals surface area contributed by atoms with Gasteiger partial charge in [-0.2, -0.15) is 0 Å². The molecule has 2 aromatic rings. The summed E-state index contributed by atoms with van der Waals surface area (Å²) in [7, 11) is 0. The Morgan fingerprint density at radius 3 is 2.33 bits per heavy atom. The summed E-state index contributed by atoms with van der Waals surface area (Å²) in [4.78, 5) is 0. The largest absolute Gasteiger partial charge is 0.507 e. The van der Waals surface area contributed by atoms with Gasteiger partial charge < -0.3 is 10.2 Å². The quantitative estimate of drug-likeness (QED) is 0.744. The Morgan fingerprint density at radius 2 is 1.67 bits per heavy atom. The molecule has 0 aromatic heterocycles. The summed E-state index contributed by atoms with van der Waals surface area (Å²) < 4.78 is 0. The van der Waals surface area contributed by atoms with Gasteiger partial charge in [0, 0.05) is 10.8 Å². The van der Waals surface area contributed by atoms with E-state index in [1.165, 1.54) is 0 Å². The lowest BCUT2D eigenvalue weighted by Gasteiger charge is -2.12. The van der Waals surface area contributed by atoms with E-state index in [2.05, 4.69) is 13.8 Å². The molecule has 0 saturated heterocycles. The minimum absolute atomic E-state index is 0.213. The fraction of sp³-hybridized carbons (Fsp3) is 0.231. The van der Waals surface area contributed by atoms with Crippen molar-refractivity contribution in [2.75, 3.05) is 0 Å². The highest BCUT2D eigenvalue weighted by Crippen LogP contribution is 2.36. The second kappa shape index (κ2) is 3.46. The molecule has 0 unspecified atom stereocenters. The van der Waals surface area contributed by atoms with Crippen LogP contribution in [0.25, 0.3) is 10.8 Å². The van der Waals surface area contributed by atoms with Crippen LogP contribution in [0.2, 0.25) is 0 Å². The fourth-order valence-corrected chi connectivity index (χ4v) is 1.88. The summed E-state index contributed by atoms with van der Waals surface area (Å²) in [5.41, 5.74) is 1.06. The SMILES string of the molecule is CC(C)c1ccc(O)c2cccc(O)c12. The molecule has 2 N–H and O–H groups in total. The number of phenolic OH excluding ortho intramolecular Hbond substituents is 2. The molecule has 2 rings (SSSR count). The summed E-state index contributed by atoms with van der Waals surface area (Å²) in [5.74, 6) is 0.763. The highest BCUT2D eigenvalue weighted by atomic mass is 16.3. The number of fused-ring (bicyclic) bond motifs is 1. The first-order chi connectivity index (χ1) is 7.11. The Labute approximate surface area is 88.8 Å². The molecule has 0 saturated carbocycles. The smallest absolute Gasteiger partial charge is 0.123 e. The predicted molar refractivity (Wildman–Crippen MR) is 61.4 cm³/mol. The van der Waals surface area contributed by atoms with Gasteiger partial charge in [0.1, 0.15) is 11.5 Å². The second-order valence-electron chi connectivity index (χ2n) is 4.03. The molecule has 0 aliphatic carbocycles. The lowest BCUT2D eigenvalue weighted by Crippen LogP contribution is -1.89. The van der Waals surface area contributed by atoms with Gasteiger partial charge in [-0.05, 0) is 23.6 Å². The Balaban J connectivity index is 2.90. The van der Waals surface area contributed by atoms with Crippen LogP contribution >= 0.6 is 0 Å². The van der Waals surface area contributed by atoms with Crippen molar-refractivity contribution in [3.63, 3.8) is 0 Å². The first-order valence-electron chi connectivity index (χ1n) is 5.05. The monoisotopic (exact) mass is 202 g/mol. The van der Waals surface area contributed by atoms with E-state index in [0.717, 1.165) is 10.9 Å². The van der Waals surface area contributed by atoms with Crippen LogP contribution in [0.4, 0.5) is 0 Å². The van der Waals surface area contributed by atoms with Crippen molar-refractivity contribution in [2.24, 2.45) is 0 Å². The summed E-state index contributed by atoms with van der Waals surface area (Å²) in [6.45, 7) is 4.14. The van der Waals surface area contributed by atoms with Crippen molar-refractivity contribution in [3.05, 3.63) is 35.9 Å². The van der Waals surface area contributed by atoms with Gasteiger partial charge in [0.25, 0.3) is 0 Å². The summed E-state index contributed by atoms with van der Waals surface area (Å²) in [6.07, 6.45) is 0. The lowest BCUT2D eigenvalue weighted by molar-refractivity contribution is 0.475. The van der Waals surface area contributed by atoms with E-state index in [9.17, 15) is 10.2 Å². The molecule has 15 heavy (non-hydrogen) atoms. The van der Waals surface area contributed by atoms with Crippen LogP contribution in [-0.2, 0) is 0 Å². The Kier molecular flexibility index (Phi) is 2.27. The zero-order chi connectivity index (χ0) is 11.0. The molecular weight excluding hydrogens is 188 g/mol. The highest BCUT2D eigenvalue weighted by molar-refractivity contribution is 5.95. The third-order valence-corrected chi connectivity index (χ3v) is 2.65. The standard InChI is InChI=1S/C13H14O2/c1-8(2)9-6-7-11(14)10-4-3-5-12(15)13(9)10/h3-8,14-15H,1-2H3. The second-order valence-corrected chi connectivity index (χ2v) is 4.03. The van der Waals surface area contributed by atoms with E-state index >= 15 is 0 Å². The number of aromatic hydroxyl groups is 2. The highest BCUT2D eigenvalue weighted by Gasteiger charge is 2.11. The molecule has 78 valence electrons. The molecule has 2 aromatic carbocycles. The van der Waals surface area contributed by atoms with Crippen LogP contribution in [0.15, 0.2) is 30.3 Å². The first kappa shape index (κ1) is 9.84. The zero-order valence-electron chi connectivity index (χ0n) is 8.86. The van der Waals surface area contributed by atoms with E-state index < -0.39 is 0 Å². The van der Waals surface area contributed by atoms with Gasteiger partial charge in [-0.25, -0.2) is 0 Å². The predicted octanol–water partition coefficient (Wildman–Crippen LogP) is 3.37. The van der Waals surface area contributed by atoms with Crippen molar-refractivity contribution >= 4 is 10.8 Å². The molecule has 0 spiro atoms. The van der Waals surface area contributed by atoms with Crippen LogP contribution in [0.1, 0.15) is 25.3 Å². The van der Waals surface area contributed by atoms with E-state index in [0.29, 0.717) is 11.3 Å². The van der Waals surface area contributed by atoms with Crippen molar-refractivity contribution in [3.8, 4) is 11.5 Å². The summed E-state index contributed by atoms with van der Waals surface area (Å²) in [5, 5.41) is 21.0. The van der Waals surface area contributed by atoms with Gasteiger partial charge >= 0.3 is 0 Å². The average molecular weight is 202 g/mol. The minimum Gasteiger partial charge on any atom is -0.507 e. The van der Waals surface area contributed by atoms with Crippen molar-refractivity contribution in [1.29, 1.82) is 0 Å². The number of hydrogen-bond acceptors (Lipinski definition) is 2. The maximum atomic E-state index is 9.81. The van der Waals surface area contributed by atoms with Crippen molar-refractivity contribution in [1.82, 2.24) is 0 Å². The van der Waals surface area contributed by atoms with Gasteiger partial charge in [0.2, 0.25) is 0 Å². The number of rotatable bonds is 1. The molecular formula is C13H14O2. The van der Waals surface area contributed by atoms with Gasteiger partial charge in [-0.1, -0.05) is 32.0 Å². The van der Waals surface area contributed by atoms with Crippen LogP contribution in [-0.4, -0.2) is 10.2 Å². The number of phenols is 2. The number of benzene rings is 2. The van der Waals surface area contributed by atoms with Crippen molar-refractivity contribution in [2.45, 2.75) is 19.8 Å². The lowest BCUT2D eigenvalue weighted by atomic mass is 9.95. The maximum absolute atomic E-state index is 9.81. The molecule has 0 amide bonds. The molecule has 0 aliphatic heterocycles. The normalized spacial score (nSPS) is 11.1. The molecule has 0 heterocycles. The van der Waals surface area contributed by atoms with Crippen LogP contribution < -0.4 is 0 Å². The summed E-state index contributed by atoms with van der Waals surface area (Å²) >= 11 is 0. The van der Waals surface area contributed by atoms with Crippen LogP contribution in [0, 0.1) is 0 Å². The molecule has 0 atom stereocenters. The molecule has 2 nitrogen and oxygen atoms in total. The third kappa shape index (κ3) is 1.52. The first-order valence-corrected chi connectivity index (χ1v) is 5.05. The Hall–Kier alpha value is -1.70. The van der Waals surface area contributed by atoms with E-state index in [4.69, 9.17) is 0 Å². The molecule has 2 heteroatoms. The molecule has 0 aliphatic rings. The van der Waals surface area contributed by atoms with Crippen LogP contribution in [0.5, 0.6) is 11.5 Å². The van der Waals surface area contributed by atoms with Gasteiger partial charge in [0.15, 0.2) is 0 Å². The molecule has 0 bridgehead atoms. The topological polar surface area (TPSA) is 40.5 Å². The van der Waals surface area contributed by atoms with Crippen molar-refractivity contribution < 1.29 is 10.2 Å². The van der Waals surface area contributed by atoms with E-state index in [-0.39, 0.29) is 11.5 Å². The number of hydrogen-bond donors (Lipinski definition) is 2. The third-order valence-electron chi connectivity index (χ3n) is 2.65. The maximum Gasteiger partial charge on any atom is 0.123 e. The minimum atomic E-state index is 0.213. The molecule has 0 fully saturated rings. The zero-order valence-corrected chi connectivity index (χ0v) is 8.86. The Bertz CT molecular complexity index is 501. The van der Waals surface area contributed by atoms with E-state index in [1.807, 2.05) is 12.1 Å². The summed E-state index contributed by atoms with van der Waals surface area (Å²) in [6, 6.07) is 8.74. The van der Waals surface area contributed by atoms with Gasteiger partial charge in [-0.3, -0.25) is 0 Å². The van der Waals surface area contributed by atoms with E-state index in [1.54, 1.807) is 18.2 Å².